The van der Waals surface area contributed by atoms with E-state index in [4.69, 9.17) is 17.3 Å². The van der Waals surface area contributed by atoms with Crippen molar-refractivity contribution in [1.29, 1.82) is 0 Å². The number of halogens is 1. The average molecular weight is 438 g/mol. The van der Waals surface area contributed by atoms with Crippen molar-refractivity contribution in [3.05, 3.63) is 47.1 Å². The predicted molar refractivity (Wildman–Crippen MR) is 121 cm³/mol. The molecule has 3 heterocycles. The molecule has 31 heavy (non-hydrogen) atoms. The number of H-pyrrole nitrogens is 1. The third kappa shape index (κ3) is 4.07. The van der Waals surface area contributed by atoms with Gasteiger partial charge in [0.25, 0.3) is 0 Å². The number of aromatic nitrogens is 5. The molecule has 0 bridgehead atoms. The number of nitrogens with two attached hydrogens (primary N) is 1. The van der Waals surface area contributed by atoms with Gasteiger partial charge in [0.15, 0.2) is 11.5 Å². The zero-order valence-corrected chi connectivity index (χ0v) is 17.8. The van der Waals surface area contributed by atoms with Crippen LogP contribution in [0.15, 0.2) is 30.9 Å². The van der Waals surface area contributed by atoms with Crippen LogP contribution in [-0.2, 0) is 17.9 Å². The maximum absolute atomic E-state index is 12.3. The molecule has 0 spiro atoms. The number of nitrogens with zero attached hydrogens (tertiary/aromatic N) is 4. The van der Waals surface area contributed by atoms with Gasteiger partial charge in [0.2, 0.25) is 5.91 Å². The van der Waals surface area contributed by atoms with Gasteiger partial charge in [-0.15, -0.1) is 0 Å². The van der Waals surface area contributed by atoms with Gasteiger partial charge in [0.05, 0.1) is 24.9 Å². The number of amides is 1. The fourth-order valence-electron chi connectivity index (χ4n) is 4.50. The fraction of sp³-hybridized carbons (Fsp3) is 0.364. The van der Waals surface area contributed by atoms with Gasteiger partial charge in [0, 0.05) is 22.5 Å². The summed E-state index contributed by atoms with van der Waals surface area (Å²) in [5.41, 5.74) is 10.1. The number of imidazole rings is 1. The highest BCUT2D eigenvalue weighted by molar-refractivity contribution is 6.31. The van der Waals surface area contributed by atoms with Crippen LogP contribution in [0.1, 0.15) is 43.4 Å². The number of hydrogen-bond acceptors (Lipinski definition) is 5. The molecule has 5 rings (SSSR count). The average Bonchev–Trinajstić information content (AvgIpc) is 3.47. The monoisotopic (exact) mass is 437 g/mol. The van der Waals surface area contributed by atoms with Crippen LogP contribution in [0.4, 0.5) is 5.82 Å². The smallest absolute Gasteiger partial charge is 0.220 e. The first-order chi connectivity index (χ1) is 15.1. The fourth-order valence-corrected chi connectivity index (χ4v) is 4.75. The highest BCUT2D eigenvalue weighted by Gasteiger charge is 2.18. The summed E-state index contributed by atoms with van der Waals surface area (Å²) in [4.78, 5) is 28.4. The number of benzene rings is 1. The number of nitrogens with one attached hydrogen (secondary N) is 2. The number of fused-ring (bicyclic) bond motifs is 2. The Morgan fingerprint density at radius 1 is 1.23 bits per heavy atom. The molecule has 4 aromatic rings. The minimum atomic E-state index is 0.117. The Labute approximate surface area is 184 Å². The summed E-state index contributed by atoms with van der Waals surface area (Å²) in [6.07, 6.45) is 8.58. The van der Waals surface area contributed by atoms with E-state index < -0.39 is 0 Å². The van der Waals surface area contributed by atoms with E-state index in [1.807, 2.05) is 22.8 Å². The van der Waals surface area contributed by atoms with Gasteiger partial charge in [0.1, 0.15) is 11.8 Å². The minimum Gasteiger partial charge on any atom is -0.382 e. The van der Waals surface area contributed by atoms with Crippen LogP contribution in [0.5, 0.6) is 0 Å². The normalized spacial score (nSPS) is 14.6. The summed E-state index contributed by atoms with van der Waals surface area (Å²) in [5, 5.41) is 4.70. The summed E-state index contributed by atoms with van der Waals surface area (Å²) in [6.45, 7) is 0.993. The lowest BCUT2D eigenvalue weighted by molar-refractivity contribution is -0.122. The topological polar surface area (TPSA) is 115 Å². The van der Waals surface area contributed by atoms with E-state index in [2.05, 4.69) is 25.3 Å². The standard InChI is InChI=1S/C22H24ClN7O/c23-16-6-14-8-17(9-25-18(31)5-13-3-1-2-4-13)29-19(14)15(7-16)10-30-12-28-20-21(24)26-11-27-22(20)30/h6-8,11-13,29H,1-5,9-10H2,(H,25,31)(H2,24,26,27). The van der Waals surface area contributed by atoms with E-state index in [1.54, 1.807) is 6.33 Å². The summed E-state index contributed by atoms with van der Waals surface area (Å²) < 4.78 is 1.92. The molecule has 1 aromatic carbocycles. The Morgan fingerprint density at radius 3 is 2.90 bits per heavy atom. The minimum absolute atomic E-state index is 0.117. The zero-order chi connectivity index (χ0) is 21.4. The largest absolute Gasteiger partial charge is 0.382 e. The predicted octanol–water partition coefficient (Wildman–Crippen LogP) is 3.79. The Bertz CT molecular complexity index is 1260. The lowest BCUT2D eigenvalue weighted by atomic mass is 10.0. The molecule has 0 unspecified atom stereocenters. The number of hydrogen-bond donors (Lipinski definition) is 3. The van der Waals surface area contributed by atoms with Crippen molar-refractivity contribution in [2.75, 3.05) is 5.73 Å². The first-order valence-electron chi connectivity index (χ1n) is 10.5. The number of aromatic amines is 1. The van der Waals surface area contributed by atoms with Gasteiger partial charge >= 0.3 is 0 Å². The Kier molecular flexibility index (Phi) is 5.23. The molecule has 1 amide bonds. The van der Waals surface area contributed by atoms with Crippen molar-refractivity contribution in [2.45, 2.75) is 45.2 Å². The summed E-state index contributed by atoms with van der Waals surface area (Å²) >= 11 is 6.39. The molecular formula is C22H24ClN7O. The quantitative estimate of drug-likeness (QED) is 0.424. The number of anilines is 1. The maximum atomic E-state index is 12.3. The van der Waals surface area contributed by atoms with Crippen LogP contribution < -0.4 is 11.1 Å². The molecule has 3 aromatic heterocycles. The first kappa shape index (κ1) is 19.8. The molecule has 1 saturated carbocycles. The van der Waals surface area contributed by atoms with Gasteiger partial charge in [-0.05, 0) is 42.5 Å². The molecule has 1 fully saturated rings. The second-order valence-electron chi connectivity index (χ2n) is 8.26. The van der Waals surface area contributed by atoms with Crippen LogP contribution in [0.25, 0.3) is 22.1 Å². The number of rotatable bonds is 6. The molecule has 9 heteroatoms. The van der Waals surface area contributed by atoms with Gasteiger partial charge in [-0.25, -0.2) is 15.0 Å². The first-order valence-corrected chi connectivity index (χ1v) is 10.9. The second-order valence-corrected chi connectivity index (χ2v) is 8.70. The van der Waals surface area contributed by atoms with Crippen LogP contribution in [0.2, 0.25) is 5.02 Å². The third-order valence-electron chi connectivity index (χ3n) is 6.03. The molecule has 8 nitrogen and oxygen atoms in total. The van der Waals surface area contributed by atoms with Crippen LogP contribution in [0, 0.1) is 5.92 Å². The SMILES string of the molecule is Nc1ncnc2c1ncn2Cc1cc(Cl)cc2cc(CNC(=O)CC3CCCC3)[nH]c12. The highest BCUT2D eigenvalue weighted by Crippen LogP contribution is 2.28. The zero-order valence-electron chi connectivity index (χ0n) is 17.1. The molecule has 160 valence electrons. The van der Waals surface area contributed by atoms with E-state index in [0.717, 1.165) is 22.2 Å². The van der Waals surface area contributed by atoms with E-state index in [1.165, 1.54) is 32.0 Å². The molecule has 0 radical (unpaired) electrons. The molecule has 0 saturated heterocycles. The summed E-state index contributed by atoms with van der Waals surface area (Å²) in [7, 11) is 0. The number of nitrogen functional groups attached to an aromatic ring is 1. The number of carbonyl (C=O) groups excluding carboxylic acids is 1. The summed E-state index contributed by atoms with van der Waals surface area (Å²) in [5.74, 6) is 1.01. The van der Waals surface area contributed by atoms with Crippen molar-refractivity contribution in [2.24, 2.45) is 5.92 Å². The Morgan fingerprint density at radius 2 is 2.06 bits per heavy atom. The van der Waals surface area contributed by atoms with Crippen molar-refractivity contribution in [3.8, 4) is 0 Å². The Balaban J connectivity index is 1.37. The lowest BCUT2D eigenvalue weighted by Gasteiger charge is -2.09. The van der Waals surface area contributed by atoms with Crippen molar-refractivity contribution < 1.29 is 4.79 Å². The lowest BCUT2D eigenvalue weighted by Crippen LogP contribution is -2.24. The molecule has 1 aliphatic carbocycles. The molecule has 4 N–H and O–H groups in total. The van der Waals surface area contributed by atoms with Crippen molar-refractivity contribution >= 4 is 45.4 Å². The van der Waals surface area contributed by atoms with Crippen LogP contribution >= 0.6 is 11.6 Å². The van der Waals surface area contributed by atoms with Crippen LogP contribution in [-0.4, -0.2) is 30.4 Å². The third-order valence-corrected chi connectivity index (χ3v) is 6.24. The van der Waals surface area contributed by atoms with E-state index in [0.29, 0.717) is 47.4 Å². The van der Waals surface area contributed by atoms with Gasteiger partial charge < -0.3 is 20.6 Å². The maximum Gasteiger partial charge on any atom is 0.220 e. The summed E-state index contributed by atoms with van der Waals surface area (Å²) in [6, 6.07) is 5.89. The molecule has 0 atom stereocenters. The molecule has 0 aliphatic heterocycles. The number of carbonyl (C=O) groups is 1. The Hall–Kier alpha value is -3.13. The van der Waals surface area contributed by atoms with Gasteiger partial charge in [-0.3, -0.25) is 4.79 Å². The molecule has 1 aliphatic rings. The van der Waals surface area contributed by atoms with E-state index in [-0.39, 0.29) is 5.91 Å². The van der Waals surface area contributed by atoms with Gasteiger partial charge in [-0.1, -0.05) is 24.4 Å². The van der Waals surface area contributed by atoms with Gasteiger partial charge in [-0.2, -0.15) is 0 Å². The molecular weight excluding hydrogens is 414 g/mol. The van der Waals surface area contributed by atoms with Crippen molar-refractivity contribution in [1.82, 2.24) is 29.8 Å². The van der Waals surface area contributed by atoms with E-state index in [9.17, 15) is 4.79 Å². The van der Waals surface area contributed by atoms with E-state index >= 15 is 0 Å². The second kappa shape index (κ2) is 8.19. The van der Waals surface area contributed by atoms with Crippen LogP contribution in [0.3, 0.4) is 0 Å². The van der Waals surface area contributed by atoms with Crippen molar-refractivity contribution in [3.63, 3.8) is 0 Å². The highest BCUT2D eigenvalue weighted by atomic mass is 35.5.